The molecule has 0 aliphatic heterocycles. The first kappa shape index (κ1) is 19.4. The van der Waals surface area contributed by atoms with E-state index in [2.05, 4.69) is 5.32 Å². The first-order valence-electron chi connectivity index (χ1n) is 9.23. The molecule has 1 N–H and O–H groups in total. The highest BCUT2D eigenvalue weighted by molar-refractivity contribution is 6.02. The number of anilines is 1. The van der Waals surface area contributed by atoms with Crippen LogP contribution < -0.4 is 14.8 Å². The van der Waals surface area contributed by atoms with Crippen molar-refractivity contribution < 1.29 is 19.1 Å². The molecule has 144 valence electrons. The van der Waals surface area contributed by atoms with Crippen molar-refractivity contribution >= 4 is 28.2 Å². The van der Waals surface area contributed by atoms with Crippen molar-refractivity contribution in [2.24, 2.45) is 0 Å². The minimum absolute atomic E-state index is 0.0508. The zero-order valence-corrected chi connectivity index (χ0v) is 16.0. The Bertz CT molecular complexity index is 997. The molecule has 0 aliphatic carbocycles. The number of amides is 1. The molecule has 0 heterocycles. The molecule has 28 heavy (non-hydrogen) atoms. The number of hydrogen-bond donors (Lipinski definition) is 1. The topological polar surface area (TPSA) is 64.6 Å². The molecular weight excluding hydrogens is 354 g/mol. The molecule has 5 heteroatoms. The number of fused-ring (bicyclic) bond motifs is 1. The highest BCUT2D eigenvalue weighted by Gasteiger charge is 2.12. The smallest absolute Gasteiger partial charge is 0.224 e. The van der Waals surface area contributed by atoms with Crippen molar-refractivity contribution in [2.75, 3.05) is 19.0 Å². The van der Waals surface area contributed by atoms with E-state index in [0.29, 0.717) is 29.4 Å². The molecule has 0 fully saturated rings. The molecule has 0 aromatic heterocycles. The van der Waals surface area contributed by atoms with Gasteiger partial charge in [0.05, 0.1) is 13.7 Å². The van der Waals surface area contributed by atoms with E-state index in [1.165, 1.54) is 0 Å². The lowest BCUT2D eigenvalue weighted by molar-refractivity contribution is -0.116. The van der Waals surface area contributed by atoms with Crippen LogP contribution in [0, 0.1) is 0 Å². The van der Waals surface area contributed by atoms with Gasteiger partial charge in [-0.25, -0.2) is 0 Å². The van der Waals surface area contributed by atoms with Gasteiger partial charge in [0.2, 0.25) is 5.91 Å². The maximum atomic E-state index is 12.4. The van der Waals surface area contributed by atoms with Crippen molar-refractivity contribution in [3.63, 3.8) is 0 Å². The Labute approximate surface area is 164 Å². The fourth-order valence-electron chi connectivity index (χ4n) is 2.98. The first-order valence-corrected chi connectivity index (χ1v) is 9.23. The van der Waals surface area contributed by atoms with Crippen molar-refractivity contribution in [1.82, 2.24) is 0 Å². The lowest BCUT2D eigenvalue weighted by Gasteiger charge is -2.11. The van der Waals surface area contributed by atoms with Gasteiger partial charge in [0.1, 0.15) is 0 Å². The summed E-state index contributed by atoms with van der Waals surface area (Å²) in [4.78, 5) is 24.7. The van der Waals surface area contributed by atoms with Gasteiger partial charge >= 0.3 is 0 Å². The van der Waals surface area contributed by atoms with E-state index in [1.54, 1.807) is 31.4 Å². The summed E-state index contributed by atoms with van der Waals surface area (Å²) in [6.07, 6.45) is 0.263. The van der Waals surface area contributed by atoms with Crippen LogP contribution in [0.25, 0.3) is 10.8 Å². The molecule has 3 aromatic rings. The fourth-order valence-corrected chi connectivity index (χ4v) is 2.98. The van der Waals surface area contributed by atoms with Crippen LogP contribution in [0.4, 0.5) is 5.69 Å². The highest BCUT2D eigenvalue weighted by atomic mass is 16.5. The Morgan fingerprint density at radius 3 is 2.43 bits per heavy atom. The second-order valence-electron chi connectivity index (χ2n) is 6.33. The number of carbonyl (C=O) groups is 2. The number of ketones is 1. The highest BCUT2D eigenvalue weighted by Crippen LogP contribution is 2.30. The van der Waals surface area contributed by atoms with Gasteiger partial charge in [0.15, 0.2) is 17.3 Å². The number of methoxy groups -OCH3 is 1. The van der Waals surface area contributed by atoms with Crippen molar-refractivity contribution in [1.29, 1.82) is 0 Å². The van der Waals surface area contributed by atoms with E-state index < -0.39 is 0 Å². The summed E-state index contributed by atoms with van der Waals surface area (Å²) in [5, 5.41) is 4.89. The normalized spacial score (nSPS) is 10.5. The monoisotopic (exact) mass is 377 g/mol. The summed E-state index contributed by atoms with van der Waals surface area (Å²) in [5.74, 6) is 0.895. The van der Waals surface area contributed by atoms with E-state index in [1.807, 2.05) is 43.3 Å². The van der Waals surface area contributed by atoms with Gasteiger partial charge in [0, 0.05) is 30.2 Å². The Morgan fingerprint density at radius 2 is 1.68 bits per heavy atom. The third-order valence-corrected chi connectivity index (χ3v) is 4.40. The quantitative estimate of drug-likeness (QED) is 0.570. The van der Waals surface area contributed by atoms with Crippen LogP contribution in [0.1, 0.15) is 30.1 Å². The lowest BCUT2D eigenvalue weighted by Crippen LogP contribution is -2.13. The van der Waals surface area contributed by atoms with E-state index in [9.17, 15) is 9.59 Å². The van der Waals surface area contributed by atoms with Gasteiger partial charge in [0.25, 0.3) is 0 Å². The largest absolute Gasteiger partial charge is 0.493 e. The van der Waals surface area contributed by atoms with E-state index in [0.717, 1.165) is 10.8 Å². The summed E-state index contributed by atoms with van der Waals surface area (Å²) in [6.45, 7) is 2.42. The minimum atomic E-state index is -0.222. The van der Waals surface area contributed by atoms with Crippen LogP contribution in [0.3, 0.4) is 0 Å². The standard InChI is InChI=1S/C23H23NO4/c1-3-28-21-12-10-19(15-22(21)27-2)24-23(26)13-11-20(25)18-9-8-16-6-4-5-7-17(16)14-18/h4-10,12,14-15H,3,11,13H2,1-2H3,(H,24,26). The molecule has 3 aromatic carbocycles. The molecule has 0 unspecified atom stereocenters. The van der Waals surface area contributed by atoms with Crippen LogP contribution in [0.15, 0.2) is 60.7 Å². The molecule has 5 nitrogen and oxygen atoms in total. The Kier molecular flexibility index (Phi) is 6.27. The van der Waals surface area contributed by atoms with Crippen LogP contribution in [-0.2, 0) is 4.79 Å². The Hall–Kier alpha value is -3.34. The van der Waals surface area contributed by atoms with Gasteiger partial charge in [-0.05, 0) is 35.9 Å². The SMILES string of the molecule is CCOc1ccc(NC(=O)CCC(=O)c2ccc3ccccc3c2)cc1OC. The summed E-state index contributed by atoms with van der Waals surface area (Å²) in [7, 11) is 1.55. The summed E-state index contributed by atoms with van der Waals surface area (Å²) >= 11 is 0. The van der Waals surface area contributed by atoms with Gasteiger partial charge in [-0.15, -0.1) is 0 Å². The number of nitrogens with one attached hydrogen (secondary N) is 1. The number of ether oxygens (including phenoxy) is 2. The molecule has 0 spiro atoms. The molecule has 3 rings (SSSR count). The number of hydrogen-bond acceptors (Lipinski definition) is 4. The summed E-state index contributed by atoms with van der Waals surface area (Å²) in [5.41, 5.74) is 1.22. The van der Waals surface area contributed by atoms with Gasteiger partial charge in [-0.3, -0.25) is 9.59 Å². The van der Waals surface area contributed by atoms with Crippen LogP contribution in [-0.4, -0.2) is 25.4 Å². The number of carbonyl (C=O) groups excluding carboxylic acids is 2. The predicted molar refractivity (Wildman–Crippen MR) is 110 cm³/mol. The van der Waals surface area contributed by atoms with Crippen molar-refractivity contribution in [3.8, 4) is 11.5 Å². The Balaban J connectivity index is 1.59. The third kappa shape index (κ3) is 4.68. The Morgan fingerprint density at radius 1 is 0.893 bits per heavy atom. The van der Waals surface area contributed by atoms with Crippen molar-refractivity contribution in [3.05, 3.63) is 66.2 Å². The third-order valence-electron chi connectivity index (χ3n) is 4.40. The molecule has 0 aliphatic rings. The number of Topliss-reactive ketones (excluding diaryl/α,β-unsaturated/α-hetero) is 1. The number of rotatable bonds is 8. The second kappa shape index (κ2) is 9.04. The molecule has 0 bridgehead atoms. The summed E-state index contributed by atoms with van der Waals surface area (Å²) in [6, 6.07) is 18.7. The minimum Gasteiger partial charge on any atom is -0.493 e. The predicted octanol–water partition coefficient (Wildman–Crippen LogP) is 4.85. The molecule has 0 atom stereocenters. The van der Waals surface area contributed by atoms with E-state index >= 15 is 0 Å². The van der Waals surface area contributed by atoms with Gasteiger partial charge in [-0.1, -0.05) is 36.4 Å². The maximum Gasteiger partial charge on any atom is 0.224 e. The molecule has 0 saturated heterocycles. The van der Waals surface area contributed by atoms with E-state index in [4.69, 9.17) is 9.47 Å². The van der Waals surface area contributed by atoms with Crippen LogP contribution in [0.2, 0.25) is 0 Å². The lowest BCUT2D eigenvalue weighted by atomic mass is 10.0. The first-order chi connectivity index (χ1) is 13.6. The maximum absolute atomic E-state index is 12.4. The average Bonchev–Trinajstić information content (AvgIpc) is 2.72. The zero-order valence-electron chi connectivity index (χ0n) is 16.0. The average molecular weight is 377 g/mol. The fraction of sp³-hybridized carbons (Fsp3) is 0.217. The molecule has 0 radical (unpaired) electrons. The second-order valence-corrected chi connectivity index (χ2v) is 6.33. The molecule has 1 amide bonds. The molecular formula is C23H23NO4. The number of benzene rings is 3. The van der Waals surface area contributed by atoms with Gasteiger partial charge in [-0.2, -0.15) is 0 Å². The van der Waals surface area contributed by atoms with Crippen LogP contribution in [0.5, 0.6) is 11.5 Å². The van der Waals surface area contributed by atoms with Crippen molar-refractivity contribution in [2.45, 2.75) is 19.8 Å². The summed E-state index contributed by atoms with van der Waals surface area (Å²) < 4.78 is 10.7. The molecule has 0 saturated carbocycles. The van der Waals surface area contributed by atoms with Crippen LogP contribution >= 0.6 is 0 Å². The van der Waals surface area contributed by atoms with Gasteiger partial charge < -0.3 is 14.8 Å². The van der Waals surface area contributed by atoms with E-state index in [-0.39, 0.29) is 24.5 Å². The zero-order chi connectivity index (χ0) is 19.9.